The lowest BCUT2D eigenvalue weighted by Crippen LogP contribution is -2.50. The molecule has 0 saturated heterocycles. The summed E-state index contributed by atoms with van der Waals surface area (Å²) in [4.78, 5) is 0.0775. The summed E-state index contributed by atoms with van der Waals surface area (Å²) in [6, 6.07) is 1.92. The van der Waals surface area contributed by atoms with Gasteiger partial charge >= 0.3 is 0 Å². The van der Waals surface area contributed by atoms with E-state index in [1.807, 2.05) is 19.9 Å². The quantitative estimate of drug-likeness (QED) is 0.608. The minimum absolute atomic E-state index is 0.0775. The minimum Gasteiger partial charge on any atom is -0.391 e. The molecule has 1 atom stereocenters. The summed E-state index contributed by atoms with van der Waals surface area (Å²) in [5, 5.41) is 8.66. The first kappa shape index (κ1) is 10.3. The monoisotopic (exact) mass is 171 g/mol. The van der Waals surface area contributed by atoms with Crippen LogP contribution in [0, 0.1) is 17.2 Å². The van der Waals surface area contributed by atoms with Gasteiger partial charge in [-0.25, -0.2) is 0 Å². The number of thiocarbonyl (C=S) groups is 1. The van der Waals surface area contributed by atoms with Crippen LogP contribution in [0.2, 0.25) is 0 Å². The van der Waals surface area contributed by atoms with Crippen LogP contribution in [0.15, 0.2) is 0 Å². The number of nitriles is 1. The van der Waals surface area contributed by atoms with Crippen LogP contribution in [0.25, 0.3) is 0 Å². The molecule has 62 valence electrons. The van der Waals surface area contributed by atoms with Gasteiger partial charge in [0.25, 0.3) is 0 Å². The summed E-state index contributed by atoms with van der Waals surface area (Å²) in [5.41, 5.74) is 9.81. The molecule has 0 aromatic heterocycles. The van der Waals surface area contributed by atoms with Gasteiger partial charge in [-0.05, 0) is 12.3 Å². The van der Waals surface area contributed by atoms with Crippen LogP contribution in [-0.4, -0.2) is 10.5 Å². The van der Waals surface area contributed by atoms with Crippen molar-refractivity contribution in [2.45, 2.75) is 25.8 Å². The molecule has 11 heavy (non-hydrogen) atoms. The van der Waals surface area contributed by atoms with Crippen molar-refractivity contribution in [3.8, 4) is 6.07 Å². The van der Waals surface area contributed by atoms with E-state index < -0.39 is 5.54 Å². The molecular formula is C7H13N3S. The standard InChI is InChI=1S/C7H13N3S/c1-5(2)3-7(10,4-8)6(9)11/h5H,3,10H2,1-2H3,(H2,9,11). The Morgan fingerprint density at radius 1 is 1.73 bits per heavy atom. The smallest absolute Gasteiger partial charge is 0.154 e. The van der Waals surface area contributed by atoms with Gasteiger partial charge in [-0.2, -0.15) is 5.26 Å². The molecule has 3 nitrogen and oxygen atoms in total. The van der Waals surface area contributed by atoms with Gasteiger partial charge in [-0.1, -0.05) is 26.1 Å². The first-order valence-electron chi connectivity index (χ1n) is 3.42. The van der Waals surface area contributed by atoms with E-state index in [0.29, 0.717) is 12.3 Å². The van der Waals surface area contributed by atoms with Crippen molar-refractivity contribution in [2.24, 2.45) is 17.4 Å². The second kappa shape index (κ2) is 3.65. The van der Waals surface area contributed by atoms with Crippen LogP contribution in [0.1, 0.15) is 20.3 Å². The zero-order chi connectivity index (χ0) is 9.07. The highest BCUT2D eigenvalue weighted by molar-refractivity contribution is 7.80. The second-order valence-electron chi connectivity index (χ2n) is 3.05. The van der Waals surface area contributed by atoms with Crippen LogP contribution in [0.4, 0.5) is 0 Å². The van der Waals surface area contributed by atoms with E-state index >= 15 is 0 Å². The van der Waals surface area contributed by atoms with Gasteiger partial charge in [-0.3, -0.25) is 0 Å². The number of rotatable bonds is 3. The van der Waals surface area contributed by atoms with Crippen molar-refractivity contribution < 1.29 is 0 Å². The lowest BCUT2D eigenvalue weighted by atomic mass is 9.91. The van der Waals surface area contributed by atoms with Gasteiger partial charge in [0, 0.05) is 0 Å². The van der Waals surface area contributed by atoms with E-state index in [0.717, 1.165) is 0 Å². The summed E-state index contributed by atoms with van der Waals surface area (Å²) in [6.45, 7) is 3.94. The van der Waals surface area contributed by atoms with Gasteiger partial charge in [0.2, 0.25) is 0 Å². The van der Waals surface area contributed by atoms with Crippen molar-refractivity contribution in [1.29, 1.82) is 5.26 Å². The Bertz CT molecular complexity index is 194. The molecule has 0 aliphatic heterocycles. The number of hydrogen-bond donors (Lipinski definition) is 2. The normalized spacial score (nSPS) is 15.5. The van der Waals surface area contributed by atoms with Crippen LogP contribution in [0.3, 0.4) is 0 Å². The maximum atomic E-state index is 8.66. The first-order valence-corrected chi connectivity index (χ1v) is 3.83. The summed E-state index contributed by atoms with van der Waals surface area (Å²) < 4.78 is 0. The zero-order valence-corrected chi connectivity index (χ0v) is 7.61. The van der Waals surface area contributed by atoms with Gasteiger partial charge in [0.15, 0.2) is 5.54 Å². The van der Waals surface area contributed by atoms with Crippen molar-refractivity contribution >= 4 is 17.2 Å². The summed E-state index contributed by atoms with van der Waals surface area (Å²) in [7, 11) is 0. The molecule has 0 aromatic rings. The Kier molecular flexibility index (Phi) is 3.43. The van der Waals surface area contributed by atoms with E-state index in [9.17, 15) is 0 Å². The summed E-state index contributed by atoms with van der Waals surface area (Å²) in [5.74, 6) is 0.321. The van der Waals surface area contributed by atoms with E-state index in [1.54, 1.807) is 0 Å². The van der Waals surface area contributed by atoms with E-state index in [1.165, 1.54) is 0 Å². The first-order chi connectivity index (χ1) is 4.92. The Morgan fingerprint density at radius 2 is 2.18 bits per heavy atom. The van der Waals surface area contributed by atoms with Crippen molar-refractivity contribution in [3.63, 3.8) is 0 Å². The predicted molar refractivity (Wildman–Crippen MR) is 48.8 cm³/mol. The maximum Gasteiger partial charge on any atom is 0.154 e. The van der Waals surface area contributed by atoms with Crippen molar-refractivity contribution in [1.82, 2.24) is 0 Å². The number of nitrogens with two attached hydrogens (primary N) is 2. The summed E-state index contributed by atoms with van der Waals surface area (Å²) in [6.07, 6.45) is 0.513. The molecular weight excluding hydrogens is 158 g/mol. The highest BCUT2D eigenvalue weighted by Crippen LogP contribution is 2.13. The largest absolute Gasteiger partial charge is 0.391 e. The molecule has 0 aliphatic rings. The zero-order valence-electron chi connectivity index (χ0n) is 6.79. The van der Waals surface area contributed by atoms with Crippen molar-refractivity contribution in [3.05, 3.63) is 0 Å². The highest BCUT2D eigenvalue weighted by atomic mass is 32.1. The fourth-order valence-electron chi connectivity index (χ4n) is 0.845. The molecule has 1 unspecified atom stereocenters. The molecule has 0 aromatic carbocycles. The number of nitrogens with zero attached hydrogens (tertiary/aromatic N) is 1. The van der Waals surface area contributed by atoms with Gasteiger partial charge in [0.1, 0.15) is 4.99 Å². The second-order valence-corrected chi connectivity index (χ2v) is 3.49. The SMILES string of the molecule is CC(C)CC(N)(C#N)C(N)=S. The lowest BCUT2D eigenvalue weighted by molar-refractivity contribution is 0.504. The molecule has 0 heterocycles. The maximum absolute atomic E-state index is 8.66. The fourth-order valence-corrected chi connectivity index (χ4v) is 0.974. The molecule has 0 spiro atoms. The minimum atomic E-state index is -1.12. The van der Waals surface area contributed by atoms with Crippen LogP contribution in [0.5, 0.6) is 0 Å². The third-order valence-corrected chi connectivity index (χ3v) is 1.73. The molecule has 0 saturated carbocycles. The molecule has 0 aliphatic carbocycles. The Hall–Kier alpha value is -0.660. The molecule has 4 heteroatoms. The average molecular weight is 171 g/mol. The Morgan fingerprint density at radius 3 is 2.27 bits per heavy atom. The fraction of sp³-hybridized carbons (Fsp3) is 0.714. The van der Waals surface area contributed by atoms with Crippen LogP contribution in [-0.2, 0) is 0 Å². The topological polar surface area (TPSA) is 75.8 Å². The third kappa shape index (κ3) is 2.83. The molecule has 0 fully saturated rings. The predicted octanol–water partition coefficient (Wildman–Crippen LogP) is 0.540. The average Bonchev–Trinajstić information content (AvgIpc) is 1.86. The third-order valence-electron chi connectivity index (χ3n) is 1.37. The van der Waals surface area contributed by atoms with E-state index in [2.05, 4.69) is 12.2 Å². The van der Waals surface area contributed by atoms with Gasteiger partial charge < -0.3 is 11.5 Å². The van der Waals surface area contributed by atoms with Gasteiger partial charge in [0.05, 0.1) is 6.07 Å². The molecule has 0 radical (unpaired) electrons. The molecule has 0 amide bonds. The molecule has 4 N–H and O–H groups in total. The van der Waals surface area contributed by atoms with Crippen LogP contribution >= 0.6 is 12.2 Å². The molecule has 0 bridgehead atoms. The van der Waals surface area contributed by atoms with Crippen molar-refractivity contribution in [2.75, 3.05) is 0 Å². The van der Waals surface area contributed by atoms with Gasteiger partial charge in [-0.15, -0.1) is 0 Å². The molecule has 0 rings (SSSR count). The Balaban J connectivity index is 4.39. The highest BCUT2D eigenvalue weighted by Gasteiger charge is 2.28. The number of hydrogen-bond acceptors (Lipinski definition) is 3. The Labute approximate surface area is 72.4 Å². The van der Waals surface area contributed by atoms with E-state index in [-0.39, 0.29) is 4.99 Å². The van der Waals surface area contributed by atoms with Crippen LogP contribution < -0.4 is 11.5 Å². The summed E-state index contributed by atoms with van der Waals surface area (Å²) >= 11 is 4.68. The van der Waals surface area contributed by atoms with E-state index in [4.69, 9.17) is 16.7 Å². The lowest BCUT2D eigenvalue weighted by Gasteiger charge is -2.21.